The monoisotopic (exact) mass is 328 g/mol. The Morgan fingerprint density at radius 2 is 1.79 bits per heavy atom. The molecule has 4 heteroatoms. The van der Waals surface area contributed by atoms with Crippen LogP contribution in [0.3, 0.4) is 0 Å². The Kier molecular flexibility index (Phi) is 7.69. The molecule has 0 aliphatic heterocycles. The van der Waals surface area contributed by atoms with Gasteiger partial charge in [-0.1, -0.05) is 52.1 Å². The molecule has 0 fully saturated rings. The molecule has 24 heavy (non-hydrogen) atoms. The third kappa shape index (κ3) is 4.69. The molecule has 0 amide bonds. The van der Waals surface area contributed by atoms with Crippen molar-refractivity contribution in [3.63, 3.8) is 0 Å². The van der Waals surface area contributed by atoms with Crippen molar-refractivity contribution >= 4 is 18.0 Å². The molecule has 1 aromatic rings. The van der Waals surface area contributed by atoms with Gasteiger partial charge in [0, 0.05) is 17.7 Å². The second-order valence-electron chi connectivity index (χ2n) is 5.16. The van der Waals surface area contributed by atoms with Crippen LogP contribution in [0.25, 0.3) is 6.08 Å². The van der Waals surface area contributed by atoms with Crippen molar-refractivity contribution in [1.29, 1.82) is 0 Å². The van der Waals surface area contributed by atoms with Crippen LogP contribution in [0.5, 0.6) is 5.75 Å². The summed E-state index contributed by atoms with van der Waals surface area (Å²) in [4.78, 5) is 23.3. The Bertz CT molecular complexity index is 643. The maximum Gasteiger partial charge on any atom is 0.335 e. The zero-order valence-electron chi connectivity index (χ0n) is 14.3. The molecule has 1 atom stereocenters. The number of hydrogen-bond acceptors (Lipinski definition) is 4. The van der Waals surface area contributed by atoms with Gasteiger partial charge in [-0.25, -0.2) is 9.59 Å². The zero-order valence-corrected chi connectivity index (χ0v) is 14.3. The van der Waals surface area contributed by atoms with Crippen LogP contribution >= 0.6 is 0 Å². The van der Waals surface area contributed by atoms with Gasteiger partial charge in [0.25, 0.3) is 0 Å². The Morgan fingerprint density at radius 3 is 2.29 bits per heavy atom. The van der Waals surface area contributed by atoms with E-state index < -0.39 is 18.0 Å². The number of rotatable bonds is 9. The van der Waals surface area contributed by atoms with Crippen LogP contribution in [-0.2, 0) is 20.7 Å². The minimum atomic E-state index is -0.560. The fourth-order valence-electron chi connectivity index (χ4n) is 2.51. The lowest BCUT2D eigenvalue weighted by molar-refractivity contribution is -0.143. The molecular weight excluding hydrogens is 304 g/mol. The summed E-state index contributed by atoms with van der Waals surface area (Å²) in [6, 6.07) is 3.53. The SMILES string of the molecule is C=CC(=O)Oc1ccc(C=C)c(CCC)c1C(CC)OC(=O)C=C. The Morgan fingerprint density at radius 1 is 1.12 bits per heavy atom. The molecule has 0 aromatic heterocycles. The number of benzene rings is 1. The fraction of sp³-hybridized carbons (Fsp3) is 0.300. The molecule has 0 radical (unpaired) electrons. The van der Waals surface area contributed by atoms with Crippen molar-refractivity contribution in [2.45, 2.75) is 39.2 Å². The molecule has 128 valence electrons. The Labute approximate surface area is 143 Å². The van der Waals surface area contributed by atoms with Crippen molar-refractivity contribution < 1.29 is 19.1 Å². The van der Waals surface area contributed by atoms with Gasteiger partial charge in [-0.05, 0) is 30.0 Å². The highest BCUT2D eigenvalue weighted by Gasteiger charge is 2.24. The van der Waals surface area contributed by atoms with Gasteiger partial charge in [0.2, 0.25) is 0 Å². The summed E-state index contributed by atoms with van der Waals surface area (Å²) in [5.41, 5.74) is 2.59. The van der Waals surface area contributed by atoms with Gasteiger partial charge in [-0.15, -0.1) is 0 Å². The summed E-state index contributed by atoms with van der Waals surface area (Å²) in [7, 11) is 0. The van der Waals surface area contributed by atoms with Crippen molar-refractivity contribution in [1.82, 2.24) is 0 Å². The van der Waals surface area contributed by atoms with Crippen molar-refractivity contribution in [3.05, 3.63) is 60.7 Å². The Balaban J connectivity index is 3.53. The van der Waals surface area contributed by atoms with Crippen molar-refractivity contribution in [3.8, 4) is 5.75 Å². The highest BCUT2D eigenvalue weighted by Crippen LogP contribution is 2.36. The smallest absolute Gasteiger partial charge is 0.335 e. The first-order chi connectivity index (χ1) is 11.5. The average molecular weight is 328 g/mol. The molecule has 1 rings (SSSR count). The number of carbonyl (C=O) groups is 2. The maximum atomic E-state index is 11.7. The van der Waals surface area contributed by atoms with Gasteiger partial charge >= 0.3 is 11.9 Å². The number of ether oxygens (including phenoxy) is 2. The lowest BCUT2D eigenvalue weighted by atomic mass is 9.91. The van der Waals surface area contributed by atoms with E-state index in [4.69, 9.17) is 9.47 Å². The largest absolute Gasteiger partial charge is 0.454 e. The van der Waals surface area contributed by atoms with Gasteiger partial charge in [-0.3, -0.25) is 0 Å². The molecule has 1 aromatic carbocycles. The third-order valence-electron chi connectivity index (χ3n) is 3.57. The van der Waals surface area contributed by atoms with Gasteiger partial charge in [-0.2, -0.15) is 0 Å². The van der Waals surface area contributed by atoms with Crippen LogP contribution in [0, 0.1) is 0 Å². The second-order valence-corrected chi connectivity index (χ2v) is 5.16. The number of esters is 2. The predicted molar refractivity (Wildman–Crippen MR) is 95.7 cm³/mol. The zero-order chi connectivity index (χ0) is 18.1. The fourth-order valence-corrected chi connectivity index (χ4v) is 2.51. The van der Waals surface area contributed by atoms with Crippen LogP contribution < -0.4 is 4.74 Å². The first-order valence-electron chi connectivity index (χ1n) is 7.97. The van der Waals surface area contributed by atoms with Crippen molar-refractivity contribution in [2.24, 2.45) is 0 Å². The molecule has 4 nitrogen and oxygen atoms in total. The predicted octanol–water partition coefficient (Wildman–Crippen LogP) is 4.55. The topological polar surface area (TPSA) is 52.6 Å². The van der Waals surface area contributed by atoms with Crippen LogP contribution in [0.2, 0.25) is 0 Å². The maximum absolute atomic E-state index is 11.7. The molecule has 0 spiro atoms. The number of carbonyl (C=O) groups excluding carboxylic acids is 2. The van der Waals surface area contributed by atoms with E-state index in [0.717, 1.165) is 36.1 Å². The summed E-state index contributed by atoms with van der Waals surface area (Å²) in [6.45, 7) is 14.6. The minimum absolute atomic E-state index is 0.373. The standard InChI is InChI=1S/C20H24O4/c1-6-11-15-14(7-2)12-13-17(24-19(22)10-5)20(15)16(8-3)23-18(21)9-4/h7,9-10,12-13,16H,2,4-6,8,11H2,1,3H3. The summed E-state index contributed by atoms with van der Waals surface area (Å²) < 4.78 is 10.8. The normalized spacial score (nSPS) is 11.2. The second kappa shape index (κ2) is 9.50. The van der Waals surface area contributed by atoms with Crippen LogP contribution in [0.1, 0.15) is 49.5 Å². The Hall–Kier alpha value is -2.62. The van der Waals surface area contributed by atoms with Gasteiger partial charge in [0.05, 0.1) is 0 Å². The van der Waals surface area contributed by atoms with Gasteiger partial charge in [0.1, 0.15) is 11.9 Å². The molecule has 0 aliphatic carbocycles. The van der Waals surface area contributed by atoms with Crippen LogP contribution in [-0.4, -0.2) is 11.9 Å². The lowest BCUT2D eigenvalue weighted by Gasteiger charge is -2.23. The van der Waals surface area contributed by atoms with Crippen LogP contribution in [0.4, 0.5) is 0 Å². The molecular formula is C20H24O4. The summed E-state index contributed by atoms with van der Waals surface area (Å²) in [5, 5.41) is 0. The van der Waals surface area contributed by atoms with E-state index in [1.165, 1.54) is 0 Å². The van der Waals surface area contributed by atoms with E-state index in [1.807, 2.05) is 13.0 Å². The molecule has 0 bridgehead atoms. The highest BCUT2D eigenvalue weighted by molar-refractivity contribution is 5.84. The quantitative estimate of drug-likeness (QED) is 0.379. The highest BCUT2D eigenvalue weighted by atomic mass is 16.6. The summed E-state index contributed by atoms with van der Waals surface area (Å²) in [5.74, 6) is -0.707. The van der Waals surface area contributed by atoms with Crippen molar-refractivity contribution in [2.75, 3.05) is 0 Å². The molecule has 0 heterocycles. The van der Waals surface area contributed by atoms with Gasteiger partial charge < -0.3 is 9.47 Å². The molecule has 0 aliphatic rings. The van der Waals surface area contributed by atoms with E-state index in [2.05, 4.69) is 26.7 Å². The average Bonchev–Trinajstić information content (AvgIpc) is 2.60. The van der Waals surface area contributed by atoms with E-state index in [0.29, 0.717) is 17.7 Å². The van der Waals surface area contributed by atoms with E-state index in [-0.39, 0.29) is 0 Å². The van der Waals surface area contributed by atoms with E-state index in [9.17, 15) is 9.59 Å². The summed E-state index contributed by atoms with van der Waals surface area (Å²) in [6.07, 6.45) is 5.60. The van der Waals surface area contributed by atoms with E-state index >= 15 is 0 Å². The summed E-state index contributed by atoms with van der Waals surface area (Å²) >= 11 is 0. The third-order valence-corrected chi connectivity index (χ3v) is 3.57. The first kappa shape index (κ1) is 19.4. The lowest BCUT2D eigenvalue weighted by Crippen LogP contribution is -2.15. The number of hydrogen-bond donors (Lipinski definition) is 0. The molecule has 0 N–H and O–H groups in total. The molecule has 0 saturated carbocycles. The van der Waals surface area contributed by atoms with E-state index in [1.54, 1.807) is 12.1 Å². The molecule has 1 unspecified atom stereocenters. The van der Waals surface area contributed by atoms with Crippen LogP contribution in [0.15, 0.2) is 44.0 Å². The van der Waals surface area contributed by atoms with Gasteiger partial charge in [0.15, 0.2) is 0 Å². The minimum Gasteiger partial charge on any atom is -0.454 e. The molecule has 0 saturated heterocycles. The first-order valence-corrected chi connectivity index (χ1v) is 7.97.